The van der Waals surface area contributed by atoms with Gasteiger partial charge in [-0.25, -0.2) is 0 Å². The van der Waals surface area contributed by atoms with Crippen LogP contribution in [-0.2, 0) is 17.6 Å². The van der Waals surface area contributed by atoms with Crippen molar-refractivity contribution in [3.05, 3.63) is 70.8 Å². The fraction of sp³-hybridized carbons (Fsp3) is 0.417. The van der Waals surface area contributed by atoms with E-state index in [0.717, 1.165) is 19.4 Å². The van der Waals surface area contributed by atoms with E-state index in [4.69, 9.17) is 4.74 Å². The minimum atomic E-state index is -0.00538. The van der Waals surface area contributed by atoms with Crippen LogP contribution >= 0.6 is 0 Å². The Labute approximate surface area is 157 Å². The Hall–Kier alpha value is -2.08. The van der Waals surface area contributed by atoms with Gasteiger partial charge in [0.15, 0.2) is 0 Å². The topological polar surface area (TPSA) is 12.5 Å². The summed E-state index contributed by atoms with van der Waals surface area (Å²) >= 11 is 0. The minimum absolute atomic E-state index is 0.00538. The summed E-state index contributed by atoms with van der Waals surface area (Å²) in [6, 6.07) is 17.4. The first-order valence-electron chi connectivity index (χ1n) is 9.87. The number of fused-ring (bicyclic) bond motifs is 2. The molecule has 0 bridgehead atoms. The molecule has 0 atom stereocenters. The third-order valence-electron chi connectivity index (χ3n) is 5.54. The summed E-state index contributed by atoms with van der Waals surface area (Å²) in [7, 11) is 0. The molecule has 1 fully saturated rings. The second-order valence-corrected chi connectivity index (χ2v) is 7.28. The van der Waals surface area contributed by atoms with Crippen molar-refractivity contribution in [1.29, 1.82) is 0 Å². The van der Waals surface area contributed by atoms with Crippen LogP contribution < -0.4 is 0 Å². The van der Waals surface area contributed by atoms with Gasteiger partial charge in [-0.2, -0.15) is 0 Å². The van der Waals surface area contributed by atoms with Crippen molar-refractivity contribution >= 4 is 0 Å². The van der Waals surface area contributed by atoms with Gasteiger partial charge in [-0.15, -0.1) is 0 Å². The molecule has 1 aliphatic heterocycles. The zero-order chi connectivity index (χ0) is 17.6. The average molecular weight is 345 g/mol. The van der Waals surface area contributed by atoms with Crippen LogP contribution in [0.4, 0.5) is 0 Å². The van der Waals surface area contributed by atoms with Crippen molar-refractivity contribution in [3.8, 4) is 11.8 Å². The molecule has 134 valence electrons. The smallest absolute Gasteiger partial charge is 0.109 e. The zero-order valence-corrected chi connectivity index (χ0v) is 15.4. The number of aryl methyl sites for hydroxylation is 2. The third kappa shape index (κ3) is 4.01. The molecule has 1 saturated heterocycles. The molecule has 0 aromatic heterocycles. The molecule has 0 radical (unpaired) electrons. The number of hydrogen-bond donors (Lipinski definition) is 0. The van der Waals surface area contributed by atoms with Gasteiger partial charge in [-0.05, 0) is 61.0 Å². The van der Waals surface area contributed by atoms with Crippen LogP contribution in [0.2, 0.25) is 0 Å². The molecule has 2 aromatic carbocycles. The van der Waals surface area contributed by atoms with E-state index < -0.39 is 0 Å². The Kier molecular flexibility index (Phi) is 5.69. The van der Waals surface area contributed by atoms with E-state index in [9.17, 15) is 0 Å². The second-order valence-electron chi connectivity index (χ2n) is 7.28. The van der Waals surface area contributed by atoms with Crippen LogP contribution in [0.3, 0.4) is 0 Å². The Morgan fingerprint density at radius 2 is 1.42 bits per heavy atom. The first-order valence-corrected chi connectivity index (χ1v) is 9.87. The van der Waals surface area contributed by atoms with E-state index >= 15 is 0 Å². The summed E-state index contributed by atoms with van der Waals surface area (Å²) < 4.78 is 6.31. The lowest BCUT2D eigenvalue weighted by atomic mass is 9.97. The summed E-state index contributed by atoms with van der Waals surface area (Å²) in [5.41, 5.74) is 5.40. The number of piperidine rings is 1. The first kappa shape index (κ1) is 17.3. The monoisotopic (exact) mass is 345 g/mol. The number of nitrogens with zero attached hydrogens (tertiary/aromatic N) is 1. The molecule has 1 heterocycles. The van der Waals surface area contributed by atoms with Crippen LogP contribution in [0.1, 0.15) is 47.6 Å². The molecule has 0 spiro atoms. The third-order valence-corrected chi connectivity index (χ3v) is 5.54. The Balaban J connectivity index is 1.47. The van der Waals surface area contributed by atoms with Crippen molar-refractivity contribution < 1.29 is 4.74 Å². The van der Waals surface area contributed by atoms with Gasteiger partial charge in [0.2, 0.25) is 0 Å². The van der Waals surface area contributed by atoms with Gasteiger partial charge >= 0.3 is 0 Å². The van der Waals surface area contributed by atoms with Crippen LogP contribution in [-0.4, -0.2) is 31.1 Å². The predicted molar refractivity (Wildman–Crippen MR) is 106 cm³/mol. The lowest BCUT2D eigenvalue weighted by Crippen LogP contribution is -2.29. The molecule has 1 aliphatic carbocycles. The van der Waals surface area contributed by atoms with Crippen LogP contribution in [0, 0.1) is 11.8 Å². The van der Waals surface area contributed by atoms with Gasteiger partial charge < -0.3 is 4.74 Å². The highest BCUT2D eigenvalue weighted by atomic mass is 16.5. The maximum Gasteiger partial charge on any atom is 0.109 e. The van der Waals surface area contributed by atoms with Crippen molar-refractivity contribution in [2.24, 2.45) is 0 Å². The molecule has 0 unspecified atom stereocenters. The normalized spacial score (nSPS) is 17.5. The lowest BCUT2D eigenvalue weighted by molar-refractivity contribution is 0.108. The SMILES string of the molecule is C(#CCN1CCCCC1)COC1c2ccccc2CCc2ccccc21. The van der Waals surface area contributed by atoms with E-state index in [0.29, 0.717) is 6.61 Å². The Bertz CT molecular complexity index is 748. The summed E-state index contributed by atoms with van der Waals surface area (Å²) in [6.07, 6.45) is 6.14. The molecule has 0 N–H and O–H groups in total. The van der Waals surface area contributed by atoms with E-state index in [-0.39, 0.29) is 6.10 Å². The van der Waals surface area contributed by atoms with Crippen LogP contribution in [0.15, 0.2) is 48.5 Å². The molecule has 4 rings (SSSR count). The maximum absolute atomic E-state index is 6.31. The van der Waals surface area contributed by atoms with Crippen molar-refractivity contribution in [3.63, 3.8) is 0 Å². The van der Waals surface area contributed by atoms with Crippen molar-refractivity contribution in [1.82, 2.24) is 4.90 Å². The first-order chi connectivity index (χ1) is 12.9. The van der Waals surface area contributed by atoms with E-state index in [1.54, 1.807) is 0 Å². The molecular weight excluding hydrogens is 318 g/mol. The molecule has 2 aliphatic rings. The average Bonchev–Trinajstić information content (AvgIpc) is 2.86. The maximum atomic E-state index is 6.31. The summed E-state index contributed by atoms with van der Waals surface area (Å²) in [6.45, 7) is 3.75. The summed E-state index contributed by atoms with van der Waals surface area (Å²) in [4.78, 5) is 2.45. The fourth-order valence-electron chi connectivity index (χ4n) is 4.11. The summed E-state index contributed by atoms with van der Waals surface area (Å²) in [5.74, 6) is 6.56. The molecule has 2 aromatic rings. The van der Waals surface area contributed by atoms with Crippen LogP contribution in [0.5, 0.6) is 0 Å². The Morgan fingerprint density at radius 1 is 0.808 bits per heavy atom. The highest BCUT2D eigenvalue weighted by Crippen LogP contribution is 2.34. The van der Waals surface area contributed by atoms with Gasteiger partial charge in [0.05, 0.1) is 6.54 Å². The molecular formula is C24H27NO. The minimum Gasteiger partial charge on any atom is -0.356 e. The standard InChI is InChI=1S/C24H27NO/c1-6-16-25(17-7-1)18-8-9-19-26-24-22-12-4-2-10-20(22)14-15-21-11-3-5-13-23(21)24/h2-5,10-13,24H,1,6-7,14-19H2. The molecule has 2 nitrogen and oxygen atoms in total. The van der Waals surface area contributed by atoms with Gasteiger partial charge in [0, 0.05) is 0 Å². The van der Waals surface area contributed by atoms with E-state index in [1.165, 1.54) is 54.6 Å². The molecule has 26 heavy (non-hydrogen) atoms. The molecule has 2 heteroatoms. The van der Waals surface area contributed by atoms with Crippen LogP contribution in [0.25, 0.3) is 0 Å². The fourth-order valence-corrected chi connectivity index (χ4v) is 4.11. The Morgan fingerprint density at radius 3 is 2.08 bits per heavy atom. The van der Waals surface area contributed by atoms with Gasteiger partial charge in [0.1, 0.15) is 12.7 Å². The predicted octanol–water partition coefficient (Wildman–Crippen LogP) is 4.38. The highest BCUT2D eigenvalue weighted by molar-refractivity contribution is 5.43. The van der Waals surface area contributed by atoms with Gasteiger partial charge in [0.25, 0.3) is 0 Å². The van der Waals surface area contributed by atoms with Gasteiger partial charge in [-0.1, -0.05) is 66.8 Å². The number of ether oxygens (including phenoxy) is 1. The quantitative estimate of drug-likeness (QED) is 0.766. The number of hydrogen-bond acceptors (Lipinski definition) is 2. The highest BCUT2D eigenvalue weighted by Gasteiger charge is 2.23. The largest absolute Gasteiger partial charge is 0.356 e. The molecule has 0 amide bonds. The second kappa shape index (κ2) is 8.54. The number of rotatable bonds is 3. The number of likely N-dealkylation sites (tertiary alicyclic amines) is 1. The van der Waals surface area contributed by atoms with Crippen molar-refractivity contribution in [2.75, 3.05) is 26.2 Å². The van der Waals surface area contributed by atoms with Crippen molar-refractivity contribution in [2.45, 2.75) is 38.2 Å². The lowest BCUT2D eigenvalue weighted by Gasteiger charge is -2.23. The molecule has 0 saturated carbocycles. The summed E-state index contributed by atoms with van der Waals surface area (Å²) in [5, 5.41) is 0. The van der Waals surface area contributed by atoms with Gasteiger partial charge in [-0.3, -0.25) is 4.90 Å². The zero-order valence-electron chi connectivity index (χ0n) is 15.4. The van der Waals surface area contributed by atoms with E-state index in [1.807, 2.05) is 0 Å². The van der Waals surface area contributed by atoms with E-state index in [2.05, 4.69) is 65.3 Å². The number of benzene rings is 2.